The summed E-state index contributed by atoms with van der Waals surface area (Å²) in [5.74, 6) is -0.236. The second kappa shape index (κ2) is 8.41. The quantitative estimate of drug-likeness (QED) is 0.676. The molecular formula is C23H23N3O3. The molecule has 0 spiro atoms. The Labute approximate surface area is 168 Å². The number of aromatic nitrogens is 2. The molecule has 1 heterocycles. The molecule has 148 valence electrons. The van der Waals surface area contributed by atoms with Crippen LogP contribution >= 0.6 is 0 Å². The summed E-state index contributed by atoms with van der Waals surface area (Å²) in [6, 6.07) is 18.6. The van der Waals surface area contributed by atoms with E-state index in [0.29, 0.717) is 5.69 Å². The highest BCUT2D eigenvalue weighted by Gasteiger charge is 2.30. The van der Waals surface area contributed by atoms with E-state index < -0.39 is 0 Å². The highest BCUT2D eigenvalue weighted by atomic mass is 16.3. The van der Waals surface area contributed by atoms with E-state index in [0.717, 1.165) is 18.4 Å². The van der Waals surface area contributed by atoms with Gasteiger partial charge in [0.05, 0.1) is 24.7 Å². The highest BCUT2D eigenvalue weighted by Crippen LogP contribution is 2.35. The van der Waals surface area contributed by atoms with Gasteiger partial charge in [-0.2, -0.15) is 0 Å². The smallest absolute Gasteiger partial charge is 0.254 e. The molecule has 1 amide bonds. The van der Waals surface area contributed by atoms with E-state index in [2.05, 4.69) is 22.4 Å². The Morgan fingerprint density at radius 2 is 1.93 bits per heavy atom. The summed E-state index contributed by atoms with van der Waals surface area (Å²) in [5, 5.41) is 12.7. The summed E-state index contributed by atoms with van der Waals surface area (Å²) in [4.78, 5) is 29.3. The van der Waals surface area contributed by atoms with Gasteiger partial charge in [-0.25, -0.2) is 4.98 Å². The fraction of sp³-hybridized carbons (Fsp3) is 0.261. The number of amides is 1. The molecule has 0 aliphatic heterocycles. The molecule has 1 aliphatic carbocycles. The molecule has 0 saturated heterocycles. The molecule has 4 rings (SSSR count). The summed E-state index contributed by atoms with van der Waals surface area (Å²) >= 11 is 0. The average molecular weight is 389 g/mol. The first kappa shape index (κ1) is 19.1. The van der Waals surface area contributed by atoms with Crippen molar-refractivity contribution in [2.45, 2.75) is 31.3 Å². The normalized spacial score (nSPS) is 16.2. The molecular weight excluding hydrogens is 366 g/mol. The topological polar surface area (TPSA) is 84.2 Å². The molecule has 2 aromatic carbocycles. The van der Waals surface area contributed by atoms with Crippen molar-refractivity contribution in [2.75, 3.05) is 6.61 Å². The number of carbonyl (C=O) groups excluding carboxylic acids is 1. The van der Waals surface area contributed by atoms with Crippen LogP contribution in [-0.2, 0) is 17.8 Å². The van der Waals surface area contributed by atoms with Crippen LogP contribution in [0.2, 0.25) is 0 Å². The van der Waals surface area contributed by atoms with Crippen molar-refractivity contribution in [3.8, 4) is 11.3 Å². The van der Waals surface area contributed by atoms with Gasteiger partial charge in [0.25, 0.3) is 5.56 Å². The molecule has 0 radical (unpaired) electrons. The Morgan fingerprint density at radius 1 is 1.17 bits per heavy atom. The molecule has 2 unspecified atom stereocenters. The third-order valence-electron chi connectivity index (χ3n) is 5.47. The predicted molar refractivity (Wildman–Crippen MR) is 110 cm³/mol. The maximum absolute atomic E-state index is 12.5. The Bertz CT molecular complexity index is 1060. The number of aryl methyl sites for hydroxylation is 1. The number of benzene rings is 2. The maximum Gasteiger partial charge on any atom is 0.254 e. The molecule has 6 nitrogen and oxygen atoms in total. The molecule has 0 bridgehead atoms. The fourth-order valence-electron chi connectivity index (χ4n) is 4.00. The van der Waals surface area contributed by atoms with Crippen LogP contribution in [0.5, 0.6) is 0 Å². The second-order valence-electron chi connectivity index (χ2n) is 7.31. The molecule has 0 saturated carbocycles. The number of hydrogen-bond donors (Lipinski definition) is 2. The zero-order chi connectivity index (χ0) is 20.2. The summed E-state index contributed by atoms with van der Waals surface area (Å²) in [6.07, 6.45) is 3.22. The number of hydrogen-bond acceptors (Lipinski definition) is 4. The predicted octanol–water partition coefficient (Wildman–Crippen LogP) is 2.12. The lowest BCUT2D eigenvalue weighted by Crippen LogP contribution is -2.43. The van der Waals surface area contributed by atoms with Crippen molar-refractivity contribution < 1.29 is 9.90 Å². The van der Waals surface area contributed by atoms with Crippen molar-refractivity contribution in [3.05, 3.63) is 88.5 Å². The first-order valence-electron chi connectivity index (χ1n) is 9.75. The van der Waals surface area contributed by atoms with Gasteiger partial charge in [0.2, 0.25) is 5.91 Å². The number of aliphatic hydroxyl groups excluding tert-OH is 1. The van der Waals surface area contributed by atoms with Crippen LogP contribution in [0.25, 0.3) is 11.3 Å². The minimum atomic E-state index is -0.376. The number of nitrogens with zero attached hydrogens (tertiary/aromatic N) is 2. The van der Waals surface area contributed by atoms with Crippen LogP contribution in [-0.4, -0.2) is 33.2 Å². The van der Waals surface area contributed by atoms with Crippen molar-refractivity contribution in [3.63, 3.8) is 0 Å². The molecule has 1 aromatic heterocycles. The zero-order valence-corrected chi connectivity index (χ0v) is 16.0. The van der Waals surface area contributed by atoms with Crippen LogP contribution < -0.4 is 10.9 Å². The van der Waals surface area contributed by atoms with E-state index in [1.165, 1.54) is 28.1 Å². The maximum atomic E-state index is 12.5. The third-order valence-corrected chi connectivity index (χ3v) is 5.47. The monoisotopic (exact) mass is 389 g/mol. The van der Waals surface area contributed by atoms with Gasteiger partial charge in [-0.15, -0.1) is 0 Å². The van der Waals surface area contributed by atoms with E-state index in [1.807, 2.05) is 42.5 Å². The zero-order valence-electron chi connectivity index (χ0n) is 16.0. The molecule has 29 heavy (non-hydrogen) atoms. The van der Waals surface area contributed by atoms with Crippen LogP contribution in [0, 0.1) is 0 Å². The van der Waals surface area contributed by atoms with E-state index in [-0.39, 0.29) is 36.6 Å². The van der Waals surface area contributed by atoms with E-state index >= 15 is 0 Å². The number of carbonyl (C=O) groups is 1. The van der Waals surface area contributed by atoms with Crippen LogP contribution in [0.3, 0.4) is 0 Å². The van der Waals surface area contributed by atoms with Crippen molar-refractivity contribution >= 4 is 5.91 Å². The fourth-order valence-corrected chi connectivity index (χ4v) is 4.00. The van der Waals surface area contributed by atoms with Gasteiger partial charge in [-0.1, -0.05) is 54.6 Å². The van der Waals surface area contributed by atoms with Gasteiger partial charge in [0.1, 0.15) is 6.54 Å². The largest absolute Gasteiger partial charge is 0.394 e. The Hall–Kier alpha value is -3.25. The summed E-state index contributed by atoms with van der Waals surface area (Å²) in [6.45, 7) is -0.281. The number of fused-ring (bicyclic) bond motifs is 1. The summed E-state index contributed by atoms with van der Waals surface area (Å²) in [7, 11) is 0. The lowest BCUT2D eigenvalue weighted by Gasteiger charge is -2.24. The van der Waals surface area contributed by atoms with Gasteiger partial charge in [0, 0.05) is 17.5 Å². The Kier molecular flexibility index (Phi) is 5.53. The van der Waals surface area contributed by atoms with Gasteiger partial charge < -0.3 is 10.4 Å². The molecule has 0 fully saturated rings. The van der Waals surface area contributed by atoms with Crippen molar-refractivity contribution in [1.82, 2.24) is 14.9 Å². The second-order valence-corrected chi connectivity index (χ2v) is 7.31. The first-order valence-corrected chi connectivity index (χ1v) is 9.75. The average Bonchev–Trinajstić information content (AvgIpc) is 3.18. The van der Waals surface area contributed by atoms with Gasteiger partial charge in [-0.3, -0.25) is 14.2 Å². The Morgan fingerprint density at radius 3 is 2.69 bits per heavy atom. The highest BCUT2D eigenvalue weighted by molar-refractivity contribution is 5.76. The summed E-state index contributed by atoms with van der Waals surface area (Å²) < 4.78 is 1.28. The molecule has 6 heteroatoms. The van der Waals surface area contributed by atoms with E-state index in [1.54, 1.807) is 0 Å². The number of aliphatic hydroxyl groups is 1. The van der Waals surface area contributed by atoms with Gasteiger partial charge in [0.15, 0.2) is 0 Å². The third kappa shape index (κ3) is 4.12. The van der Waals surface area contributed by atoms with Gasteiger partial charge in [-0.05, 0) is 24.0 Å². The van der Waals surface area contributed by atoms with Crippen LogP contribution in [0.1, 0.15) is 23.5 Å². The minimum absolute atomic E-state index is 0.0791. The lowest BCUT2D eigenvalue weighted by atomic mass is 9.93. The van der Waals surface area contributed by atoms with E-state index in [9.17, 15) is 14.7 Å². The van der Waals surface area contributed by atoms with Crippen LogP contribution in [0.4, 0.5) is 0 Å². The first-order chi connectivity index (χ1) is 14.2. The molecule has 2 atom stereocenters. The molecule has 2 N–H and O–H groups in total. The SMILES string of the molecule is O=C(Cn1cnc(-c2ccccc2)cc1=O)NC(CO)C1CCc2ccccc21. The lowest BCUT2D eigenvalue weighted by molar-refractivity contribution is -0.122. The van der Waals surface area contributed by atoms with Crippen molar-refractivity contribution in [2.24, 2.45) is 0 Å². The van der Waals surface area contributed by atoms with Crippen LogP contribution in [0.15, 0.2) is 71.8 Å². The van der Waals surface area contributed by atoms with Gasteiger partial charge >= 0.3 is 0 Å². The standard InChI is InChI=1S/C23H23N3O3/c27-14-21(19-11-10-16-6-4-5-9-18(16)19)25-22(28)13-26-15-24-20(12-23(26)29)17-7-2-1-3-8-17/h1-9,12,15,19,21,27H,10-11,13-14H2,(H,25,28). The number of nitrogens with one attached hydrogen (secondary N) is 1. The molecule has 1 aliphatic rings. The summed E-state index contributed by atoms with van der Waals surface area (Å²) in [5.41, 5.74) is 3.57. The minimum Gasteiger partial charge on any atom is -0.394 e. The van der Waals surface area contributed by atoms with E-state index in [4.69, 9.17) is 0 Å². The Balaban J connectivity index is 1.45. The molecule has 3 aromatic rings. The van der Waals surface area contributed by atoms with Crippen molar-refractivity contribution in [1.29, 1.82) is 0 Å². The number of rotatable bonds is 6.